The lowest BCUT2D eigenvalue weighted by atomic mass is 10.1. The van der Waals surface area contributed by atoms with Crippen LogP contribution < -0.4 is 5.32 Å². The van der Waals surface area contributed by atoms with Gasteiger partial charge in [-0.05, 0) is 24.6 Å². The number of aromatic nitrogens is 4. The van der Waals surface area contributed by atoms with E-state index in [4.69, 9.17) is 9.72 Å². The van der Waals surface area contributed by atoms with E-state index in [1.807, 2.05) is 36.1 Å². The maximum atomic E-state index is 5.92. The number of imidazole rings is 1. The summed E-state index contributed by atoms with van der Waals surface area (Å²) < 4.78 is 9.96. The van der Waals surface area contributed by atoms with E-state index in [1.54, 1.807) is 0 Å². The second kappa shape index (κ2) is 5.79. The maximum absolute atomic E-state index is 5.92. The first-order valence-corrected chi connectivity index (χ1v) is 7.97. The largest absolute Gasteiger partial charge is 0.370 e. The van der Waals surface area contributed by atoms with Crippen LogP contribution in [0.4, 0.5) is 0 Å². The zero-order valence-corrected chi connectivity index (χ0v) is 13.4. The fraction of sp³-hybridized carbons (Fsp3) is 0.412. The maximum Gasteiger partial charge on any atom is 0.123 e. The lowest BCUT2D eigenvalue weighted by molar-refractivity contribution is 0.0917. The van der Waals surface area contributed by atoms with Crippen LogP contribution in [-0.4, -0.2) is 32.0 Å². The molecule has 3 heterocycles. The lowest BCUT2D eigenvalue weighted by Gasteiger charge is -2.20. The van der Waals surface area contributed by atoms with Gasteiger partial charge in [0, 0.05) is 32.9 Å². The van der Waals surface area contributed by atoms with Crippen molar-refractivity contribution in [2.75, 3.05) is 6.61 Å². The molecule has 1 N–H and O–H groups in total. The Morgan fingerprint density at radius 1 is 1.26 bits per heavy atom. The minimum absolute atomic E-state index is 0.0529. The Hall–Kier alpha value is -2.18. The average molecular weight is 311 g/mol. The van der Waals surface area contributed by atoms with Crippen LogP contribution in [0.5, 0.6) is 0 Å². The van der Waals surface area contributed by atoms with E-state index in [-0.39, 0.29) is 12.1 Å². The summed E-state index contributed by atoms with van der Waals surface area (Å²) in [4.78, 5) is 4.72. The summed E-state index contributed by atoms with van der Waals surface area (Å²) >= 11 is 0. The van der Waals surface area contributed by atoms with Crippen LogP contribution in [0.15, 0.2) is 36.5 Å². The van der Waals surface area contributed by atoms with Gasteiger partial charge < -0.3 is 14.6 Å². The highest BCUT2D eigenvalue weighted by atomic mass is 16.5. The third kappa shape index (κ3) is 2.54. The van der Waals surface area contributed by atoms with Gasteiger partial charge in [-0.25, -0.2) is 4.98 Å². The number of ether oxygens (including phenoxy) is 1. The molecule has 0 radical (unpaired) electrons. The van der Waals surface area contributed by atoms with Gasteiger partial charge in [-0.15, -0.1) is 0 Å². The quantitative estimate of drug-likeness (QED) is 0.800. The molecule has 0 spiro atoms. The predicted octanol–water partition coefficient (Wildman–Crippen LogP) is 1.93. The van der Waals surface area contributed by atoms with E-state index in [1.165, 1.54) is 0 Å². The number of nitrogens with one attached hydrogen (secondary N) is 1. The van der Waals surface area contributed by atoms with E-state index in [9.17, 15) is 0 Å². The highest BCUT2D eigenvalue weighted by molar-refractivity contribution is 5.75. The number of hydrogen-bond acceptors (Lipinski definition) is 4. The molecule has 1 aliphatic heterocycles. The van der Waals surface area contributed by atoms with Crippen molar-refractivity contribution in [1.82, 2.24) is 24.6 Å². The first-order chi connectivity index (χ1) is 11.2. The number of benzene rings is 1. The fourth-order valence-corrected chi connectivity index (χ4v) is 3.33. The second-order valence-corrected chi connectivity index (χ2v) is 6.02. The van der Waals surface area contributed by atoms with Gasteiger partial charge in [0.15, 0.2) is 0 Å². The van der Waals surface area contributed by atoms with Crippen molar-refractivity contribution in [3.8, 4) is 0 Å². The second-order valence-electron chi connectivity index (χ2n) is 6.02. The van der Waals surface area contributed by atoms with Gasteiger partial charge in [0.05, 0.1) is 23.3 Å². The third-order valence-electron chi connectivity index (χ3n) is 4.64. The number of aryl methyl sites for hydroxylation is 2. The lowest BCUT2D eigenvalue weighted by Crippen LogP contribution is -2.32. The van der Waals surface area contributed by atoms with Gasteiger partial charge in [0.1, 0.15) is 11.9 Å². The van der Waals surface area contributed by atoms with E-state index in [2.05, 4.69) is 34.2 Å². The molecule has 6 heteroatoms. The predicted molar refractivity (Wildman–Crippen MR) is 87.9 cm³/mol. The van der Waals surface area contributed by atoms with Crippen LogP contribution in [0.3, 0.4) is 0 Å². The monoisotopic (exact) mass is 311 g/mol. The Kier molecular flexibility index (Phi) is 3.63. The van der Waals surface area contributed by atoms with Gasteiger partial charge in [0.2, 0.25) is 0 Å². The Bertz CT molecular complexity index is 821. The first kappa shape index (κ1) is 14.4. The van der Waals surface area contributed by atoms with Crippen LogP contribution in [-0.2, 0) is 25.4 Å². The Balaban J connectivity index is 1.51. The van der Waals surface area contributed by atoms with Gasteiger partial charge in [-0.3, -0.25) is 4.68 Å². The van der Waals surface area contributed by atoms with Gasteiger partial charge >= 0.3 is 0 Å². The molecule has 2 aromatic heterocycles. The van der Waals surface area contributed by atoms with Gasteiger partial charge in [-0.1, -0.05) is 12.1 Å². The summed E-state index contributed by atoms with van der Waals surface area (Å²) in [6, 6.07) is 10.5. The molecule has 2 atom stereocenters. The summed E-state index contributed by atoms with van der Waals surface area (Å²) in [5.41, 5.74) is 3.32. The molecular formula is C17H21N5O. The standard InChI is InChI=1S/C17H21N5O/c1-21-14-6-4-3-5-12(14)20-16(21)11-18-13-8-10-23-17(13)15-7-9-19-22(15)2/h3-7,9,13,17-18H,8,10-11H2,1-2H3/t13-,17-/m0/s1. The zero-order chi connectivity index (χ0) is 15.8. The number of rotatable bonds is 4. The normalized spacial score (nSPS) is 21.3. The summed E-state index contributed by atoms with van der Waals surface area (Å²) in [6.07, 6.45) is 2.87. The van der Waals surface area contributed by atoms with E-state index in [0.717, 1.165) is 42.1 Å². The molecule has 0 saturated carbocycles. The van der Waals surface area contributed by atoms with Crippen LogP contribution in [0.25, 0.3) is 11.0 Å². The number of fused-ring (bicyclic) bond motifs is 1. The Morgan fingerprint density at radius 2 is 2.13 bits per heavy atom. The van der Waals surface area contributed by atoms with Gasteiger partial charge in [0.25, 0.3) is 0 Å². The molecule has 0 amide bonds. The molecule has 0 unspecified atom stereocenters. The molecule has 120 valence electrons. The molecule has 3 aromatic rings. The minimum atomic E-state index is 0.0529. The molecule has 6 nitrogen and oxygen atoms in total. The fourth-order valence-electron chi connectivity index (χ4n) is 3.33. The van der Waals surface area contributed by atoms with Crippen LogP contribution in [0.1, 0.15) is 24.0 Å². The molecule has 0 bridgehead atoms. The highest BCUT2D eigenvalue weighted by Gasteiger charge is 2.31. The van der Waals surface area contributed by atoms with Crippen molar-refractivity contribution < 1.29 is 4.74 Å². The molecular weight excluding hydrogens is 290 g/mol. The summed E-state index contributed by atoms with van der Waals surface area (Å²) in [5, 5.41) is 7.87. The number of nitrogens with zero attached hydrogens (tertiary/aromatic N) is 4. The van der Waals surface area contributed by atoms with Crippen molar-refractivity contribution in [2.45, 2.75) is 25.1 Å². The number of para-hydroxylation sites is 2. The Morgan fingerprint density at radius 3 is 2.91 bits per heavy atom. The summed E-state index contributed by atoms with van der Waals surface area (Å²) in [6.45, 7) is 1.50. The van der Waals surface area contributed by atoms with Crippen molar-refractivity contribution in [3.05, 3.63) is 48.0 Å². The van der Waals surface area contributed by atoms with E-state index in [0.29, 0.717) is 0 Å². The van der Waals surface area contributed by atoms with Crippen LogP contribution in [0, 0.1) is 0 Å². The van der Waals surface area contributed by atoms with E-state index < -0.39 is 0 Å². The van der Waals surface area contributed by atoms with Crippen molar-refractivity contribution >= 4 is 11.0 Å². The van der Waals surface area contributed by atoms with Crippen LogP contribution >= 0.6 is 0 Å². The molecule has 1 aliphatic rings. The van der Waals surface area contributed by atoms with Crippen molar-refractivity contribution in [3.63, 3.8) is 0 Å². The molecule has 1 aromatic carbocycles. The van der Waals surface area contributed by atoms with Gasteiger partial charge in [-0.2, -0.15) is 5.10 Å². The van der Waals surface area contributed by atoms with Crippen LogP contribution in [0.2, 0.25) is 0 Å². The first-order valence-electron chi connectivity index (χ1n) is 7.97. The highest BCUT2D eigenvalue weighted by Crippen LogP contribution is 2.29. The summed E-state index contributed by atoms with van der Waals surface area (Å²) in [5.74, 6) is 1.04. The molecule has 23 heavy (non-hydrogen) atoms. The van der Waals surface area contributed by atoms with Crippen molar-refractivity contribution in [1.29, 1.82) is 0 Å². The molecule has 4 rings (SSSR count). The topological polar surface area (TPSA) is 56.9 Å². The third-order valence-corrected chi connectivity index (χ3v) is 4.64. The smallest absolute Gasteiger partial charge is 0.123 e. The van der Waals surface area contributed by atoms with E-state index >= 15 is 0 Å². The Labute approximate surface area is 135 Å². The molecule has 1 fully saturated rings. The molecule has 0 aliphatic carbocycles. The van der Waals surface area contributed by atoms with Crippen molar-refractivity contribution in [2.24, 2.45) is 14.1 Å². The minimum Gasteiger partial charge on any atom is -0.370 e. The SMILES string of the molecule is Cn1nccc1[C@H]1OCC[C@@H]1NCc1nc2ccccc2n1C. The molecule has 1 saturated heterocycles. The zero-order valence-electron chi connectivity index (χ0n) is 13.4. The summed E-state index contributed by atoms with van der Waals surface area (Å²) in [7, 11) is 4.02. The average Bonchev–Trinajstić information content (AvgIpc) is 3.25. The number of hydrogen-bond donors (Lipinski definition) is 1.